The van der Waals surface area contributed by atoms with Crippen molar-refractivity contribution in [1.29, 1.82) is 0 Å². The number of rotatable bonds is 3. The van der Waals surface area contributed by atoms with E-state index in [1.807, 2.05) is 0 Å². The summed E-state index contributed by atoms with van der Waals surface area (Å²) < 4.78 is 38.7. The number of aromatic nitrogens is 2. The van der Waals surface area contributed by atoms with Crippen molar-refractivity contribution in [2.45, 2.75) is 13.1 Å². The Morgan fingerprint density at radius 1 is 1.42 bits per heavy atom. The standard InChI is InChI=1S/C13H10BrF3N4O3/c1-6-3-4-7(8(5-6)21(23)24)18-12(22)10-9(14)11(13(15,16)17)20(2)19-10/h3-5H,1-2H3,(H,18,22). The summed E-state index contributed by atoms with van der Waals surface area (Å²) in [5.41, 5.74) is -1.57. The van der Waals surface area contributed by atoms with Crippen LogP contribution in [0, 0.1) is 17.0 Å². The van der Waals surface area contributed by atoms with E-state index in [4.69, 9.17) is 0 Å². The van der Waals surface area contributed by atoms with Gasteiger partial charge < -0.3 is 5.32 Å². The zero-order valence-corrected chi connectivity index (χ0v) is 13.9. The van der Waals surface area contributed by atoms with Crippen LogP contribution in [-0.2, 0) is 13.2 Å². The molecule has 0 saturated heterocycles. The summed E-state index contributed by atoms with van der Waals surface area (Å²) in [5, 5.41) is 16.8. The average molecular weight is 407 g/mol. The van der Waals surface area contributed by atoms with E-state index in [2.05, 4.69) is 26.3 Å². The molecule has 1 aromatic heterocycles. The summed E-state index contributed by atoms with van der Waals surface area (Å²) in [5.74, 6) is -1.00. The number of carbonyl (C=O) groups is 1. The fourth-order valence-corrected chi connectivity index (χ4v) is 2.77. The minimum Gasteiger partial charge on any atom is -0.315 e. The Morgan fingerprint density at radius 3 is 2.54 bits per heavy atom. The van der Waals surface area contributed by atoms with Crippen molar-refractivity contribution in [1.82, 2.24) is 9.78 Å². The molecule has 1 N–H and O–H groups in total. The predicted molar refractivity (Wildman–Crippen MR) is 81.7 cm³/mol. The Morgan fingerprint density at radius 2 is 2.04 bits per heavy atom. The van der Waals surface area contributed by atoms with Gasteiger partial charge in [0, 0.05) is 13.1 Å². The number of aryl methyl sites for hydroxylation is 2. The third-order valence-corrected chi connectivity index (χ3v) is 3.82. The Kier molecular flexibility index (Phi) is 4.65. The minimum absolute atomic E-state index is 0.137. The second-order valence-corrected chi connectivity index (χ2v) is 5.66. The number of hydrogen-bond donors (Lipinski definition) is 1. The number of alkyl halides is 3. The summed E-state index contributed by atoms with van der Waals surface area (Å²) in [6.45, 7) is 1.63. The fraction of sp³-hybridized carbons (Fsp3) is 0.231. The van der Waals surface area contributed by atoms with Crippen molar-refractivity contribution in [2.75, 3.05) is 5.32 Å². The number of anilines is 1. The van der Waals surface area contributed by atoms with E-state index in [0.29, 0.717) is 10.2 Å². The summed E-state index contributed by atoms with van der Waals surface area (Å²) in [6, 6.07) is 4.06. The van der Waals surface area contributed by atoms with Gasteiger partial charge in [0.1, 0.15) is 5.69 Å². The quantitative estimate of drug-likeness (QED) is 0.621. The molecule has 1 amide bonds. The summed E-state index contributed by atoms with van der Waals surface area (Å²) in [7, 11) is 1.04. The van der Waals surface area contributed by atoms with E-state index in [0.717, 1.165) is 7.05 Å². The maximum Gasteiger partial charge on any atom is 0.434 e. The molecule has 0 atom stereocenters. The zero-order chi connectivity index (χ0) is 18.2. The van der Waals surface area contributed by atoms with E-state index < -0.39 is 32.9 Å². The van der Waals surface area contributed by atoms with E-state index in [1.54, 1.807) is 6.92 Å². The monoisotopic (exact) mass is 406 g/mol. The molecule has 11 heteroatoms. The SMILES string of the molecule is Cc1ccc(NC(=O)c2nn(C)c(C(F)(F)F)c2Br)c([N+](=O)[O-])c1. The molecule has 0 fully saturated rings. The first-order valence-electron chi connectivity index (χ1n) is 6.38. The van der Waals surface area contributed by atoms with E-state index in [1.165, 1.54) is 18.2 Å². The van der Waals surface area contributed by atoms with Crippen LogP contribution >= 0.6 is 15.9 Å². The van der Waals surface area contributed by atoms with Crippen molar-refractivity contribution >= 4 is 33.2 Å². The topological polar surface area (TPSA) is 90.1 Å². The van der Waals surface area contributed by atoms with Crippen molar-refractivity contribution in [3.63, 3.8) is 0 Å². The number of nitro groups is 1. The molecule has 2 rings (SSSR count). The van der Waals surface area contributed by atoms with Crippen LogP contribution in [0.2, 0.25) is 0 Å². The number of hydrogen-bond acceptors (Lipinski definition) is 4. The number of amides is 1. The normalized spacial score (nSPS) is 11.4. The highest BCUT2D eigenvalue weighted by Crippen LogP contribution is 2.36. The molecule has 24 heavy (non-hydrogen) atoms. The van der Waals surface area contributed by atoms with Gasteiger partial charge in [0.05, 0.1) is 9.40 Å². The molecule has 0 aliphatic rings. The van der Waals surface area contributed by atoms with Crippen molar-refractivity contribution in [3.05, 3.63) is 49.7 Å². The molecule has 0 unspecified atom stereocenters. The Bertz CT molecular complexity index is 833. The van der Waals surface area contributed by atoms with E-state index >= 15 is 0 Å². The minimum atomic E-state index is -4.71. The second-order valence-electron chi connectivity index (χ2n) is 4.86. The molecule has 0 saturated carbocycles. The van der Waals surface area contributed by atoms with Crippen molar-refractivity contribution < 1.29 is 22.9 Å². The lowest BCUT2D eigenvalue weighted by Gasteiger charge is -2.07. The Hall–Kier alpha value is -2.43. The molecule has 128 valence electrons. The van der Waals surface area contributed by atoms with Gasteiger partial charge in [-0.1, -0.05) is 6.07 Å². The van der Waals surface area contributed by atoms with Crippen molar-refractivity contribution in [3.8, 4) is 0 Å². The zero-order valence-electron chi connectivity index (χ0n) is 12.3. The molecule has 0 aliphatic carbocycles. The highest BCUT2D eigenvalue weighted by atomic mass is 79.9. The highest BCUT2D eigenvalue weighted by molar-refractivity contribution is 9.10. The van der Waals surface area contributed by atoms with Crippen LogP contribution in [-0.4, -0.2) is 20.6 Å². The van der Waals surface area contributed by atoms with Gasteiger partial charge in [0.2, 0.25) is 0 Å². The van der Waals surface area contributed by atoms with Crippen LogP contribution in [0.15, 0.2) is 22.7 Å². The van der Waals surface area contributed by atoms with Crippen LogP contribution in [0.3, 0.4) is 0 Å². The van der Waals surface area contributed by atoms with Gasteiger partial charge >= 0.3 is 6.18 Å². The number of benzene rings is 1. The van der Waals surface area contributed by atoms with Crippen LogP contribution in [0.1, 0.15) is 21.7 Å². The first-order chi connectivity index (χ1) is 11.0. The molecule has 0 radical (unpaired) electrons. The van der Waals surface area contributed by atoms with Gasteiger partial charge in [-0.3, -0.25) is 19.6 Å². The molecule has 1 heterocycles. The number of nitrogens with one attached hydrogen (secondary N) is 1. The molecule has 0 bridgehead atoms. The molecular weight excluding hydrogens is 397 g/mol. The first kappa shape index (κ1) is 17.9. The second kappa shape index (κ2) is 6.23. The Balaban J connectivity index is 2.41. The van der Waals surface area contributed by atoms with E-state index in [-0.39, 0.29) is 11.4 Å². The predicted octanol–water partition coefficient (Wildman–Crippen LogP) is 3.67. The lowest BCUT2D eigenvalue weighted by Crippen LogP contribution is -2.14. The lowest BCUT2D eigenvalue weighted by atomic mass is 10.2. The number of nitro benzene ring substituents is 1. The fourth-order valence-electron chi connectivity index (χ4n) is 2.03. The average Bonchev–Trinajstić information content (AvgIpc) is 2.75. The van der Waals surface area contributed by atoms with Crippen LogP contribution in [0.25, 0.3) is 0 Å². The molecule has 0 spiro atoms. The van der Waals surface area contributed by atoms with Gasteiger partial charge in [-0.15, -0.1) is 0 Å². The van der Waals surface area contributed by atoms with Crippen LogP contribution in [0.5, 0.6) is 0 Å². The van der Waals surface area contributed by atoms with Crippen LogP contribution in [0.4, 0.5) is 24.5 Å². The summed E-state index contributed by atoms with van der Waals surface area (Å²) >= 11 is 2.71. The lowest BCUT2D eigenvalue weighted by molar-refractivity contribution is -0.384. The molecule has 1 aromatic carbocycles. The van der Waals surface area contributed by atoms with E-state index in [9.17, 15) is 28.1 Å². The van der Waals surface area contributed by atoms with Gasteiger partial charge in [-0.05, 0) is 34.5 Å². The summed E-state index contributed by atoms with van der Waals surface area (Å²) in [4.78, 5) is 22.5. The maximum atomic E-state index is 12.9. The first-order valence-corrected chi connectivity index (χ1v) is 7.17. The molecular formula is C13H10BrF3N4O3. The molecule has 2 aromatic rings. The van der Waals surface area contributed by atoms with Gasteiger partial charge in [-0.2, -0.15) is 18.3 Å². The Labute approximate surface area is 141 Å². The molecule has 7 nitrogen and oxygen atoms in total. The van der Waals surface area contributed by atoms with Gasteiger partial charge in [-0.25, -0.2) is 0 Å². The van der Waals surface area contributed by atoms with Crippen LogP contribution < -0.4 is 5.32 Å². The highest BCUT2D eigenvalue weighted by Gasteiger charge is 2.39. The number of halogens is 4. The third-order valence-electron chi connectivity index (χ3n) is 3.07. The molecule has 0 aliphatic heterocycles. The number of carbonyl (C=O) groups excluding carboxylic acids is 1. The maximum absolute atomic E-state index is 12.9. The summed E-state index contributed by atoms with van der Waals surface area (Å²) in [6.07, 6.45) is -4.71. The van der Waals surface area contributed by atoms with Crippen molar-refractivity contribution in [2.24, 2.45) is 7.05 Å². The third kappa shape index (κ3) is 3.40. The van der Waals surface area contributed by atoms with Gasteiger partial charge in [0.15, 0.2) is 11.4 Å². The smallest absolute Gasteiger partial charge is 0.315 e. The van der Waals surface area contributed by atoms with Gasteiger partial charge in [0.25, 0.3) is 11.6 Å². The largest absolute Gasteiger partial charge is 0.434 e. The number of nitrogens with zero attached hydrogens (tertiary/aromatic N) is 3.